The number of aliphatic hydroxyl groups is 1. The minimum atomic E-state index is -0.112. The highest BCUT2D eigenvalue weighted by atomic mass is 16.3. The number of hydrogen-bond donors (Lipinski definition) is 1. The fourth-order valence-electron chi connectivity index (χ4n) is 1.46. The highest BCUT2D eigenvalue weighted by Gasteiger charge is 2.16. The fourth-order valence-corrected chi connectivity index (χ4v) is 1.46. The molecule has 1 N–H and O–H groups in total. The van der Waals surface area contributed by atoms with Crippen LogP contribution in [0.25, 0.3) is 0 Å². The molecule has 1 saturated heterocycles. The summed E-state index contributed by atoms with van der Waals surface area (Å²) in [7, 11) is 0. The molecule has 0 aromatic rings. The van der Waals surface area contributed by atoms with Gasteiger partial charge in [0.2, 0.25) is 0 Å². The molecular formula is C9H17NO2. The maximum absolute atomic E-state index is 10.7. The van der Waals surface area contributed by atoms with Crippen LogP contribution in [0.1, 0.15) is 26.2 Å². The van der Waals surface area contributed by atoms with Crippen molar-refractivity contribution in [1.29, 1.82) is 0 Å². The third-order valence-electron chi connectivity index (χ3n) is 2.34. The molecule has 1 heterocycles. The molecule has 1 rings (SSSR count). The van der Waals surface area contributed by atoms with Gasteiger partial charge in [-0.1, -0.05) is 0 Å². The van der Waals surface area contributed by atoms with Crippen LogP contribution in [-0.2, 0) is 4.79 Å². The van der Waals surface area contributed by atoms with Crippen LogP contribution in [0.3, 0.4) is 0 Å². The zero-order valence-corrected chi connectivity index (χ0v) is 7.62. The van der Waals surface area contributed by atoms with Gasteiger partial charge in [0.05, 0.1) is 6.10 Å². The van der Waals surface area contributed by atoms with E-state index in [0.717, 1.165) is 32.5 Å². The number of hydrogen-bond acceptors (Lipinski definition) is 3. The Morgan fingerprint density at radius 3 is 2.58 bits per heavy atom. The molecule has 0 atom stereocenters. The third-order valence-corrected chi connectivity index (χ3v) is 2.34. The summed E-state index contributed by atoms with van der Waals surface area (Å²) in [5, 5.41) is 9.21. The van der Waals surface area contributed by atoms with Gasteiger partial charge in [0.25, 0.3) is 0 Å². The molecule has 0 aromatic heterocycles. The molecule has 70 valence electrons. The van der Waals surface area contributed by atoms with E-state index in [0.29, 0.717) is 6.42 Å². The Morgan fingerprint density at radius 1 is 1.50 bits per heavy atom. The van der Waals surface area contributed by atoms with E-state index < -0.39 is 0 Å². The van der Waals surface area contributed by atoms with Gasteiger partial charge < -0.3 is 10.0 Å². The normalized spacial score (nSPS) is 21.2. The van der Waals surface area contributed by atoms with E-state index in [4.69, 9.17) is 0 Å². The van der Waals surface area contributed by atoms with Crippen molar-refractivity contribution >= 4 is 5.78 Å². The molecule has 1 fully saturated rings. The van der Waals surface area contributed by atoms with Gasteiger partial charge in [0, 0.05) is 26.1 Å². The van der Waals surface area contributed by atoms with Gasteiger partial charge in [-0.2, -0.15) is 0 Å². The first-order valence-electron chi connectivity index (χ1n) is 4.58. The number of carbonyl (C=O) groups excluding carboxylic acids is 1. The van der Waals surface area contributed by atoms with Crippen LogP contribution in [0, 0.1) is 0 Å². The van der Waals surface area contributed by atoms with Crippen molar-refractivity contribution in [2.75, 3.05) is 19.6 Å². The molecule has 0 amide bonds. The van der Waals surface area contributed by atoms with Crippen molar-refractivity contribution in [2.24, 2.45) is 0 Å². The number of carbonyl (C=O) groups is 1. The van der Waals surface area contributed by atoms with Gasteiger partial charge in [-0.3, -0.25) is 4.79 Å². The van der Waals surface area contributed by atoms with Crippen molar-refractivity contribution in [3.63, 3.8) is 0 Å². The van der Waals surface area contributed by atoms with Crippen LogP contribution < -0.4 is 0 Å². The van der Waals surface area contributed by atoms with Crippen LogP contribution in [0.15, 0.2) is 0 Å². The first-order chi connectivity index (χ1) is 5.68. The lowest BCUT2D eigenvalue weighted by Gasteiger charge is -2.28. The second-order valence-corrected chi connectivity index (χ2v) is 3.52. The molecule has 1 aliphatic rings. The predicted octanol–water partition coefficient (Wildman–Crippen LogP) is 0.422. The SMILES string of the molecule is CC(=O)CCN1CCC(O)CC1. The van der Waals surface area contributed by atoms with E-state index in [2.05, 4.69) is 4.90 Å². The second-order valence-electron chi connectivity index (χ2n) is 3.52. The zero-order chi connectivity index (χ0) is 8.97. The number of aliphatic hydroxyl groups excluding tert-OH is 1. The Balaban J connectivity index is 2.13. The lowest BCUT2D eigenvalue weighted by molar-refractivity contribution is -0.117. The summed E-state index contributed by atoms with van der Waals surface area (Å²) < 4.78 is 0. The van der Waals surface area contributed by atoms with E-state index in [9.17, 15) is 9.90 Å². The van der Waals surface area contributed by atoms with Crippen LogP contribution in [0.2, 0.25) is 0 Å². The van der Waals surface area contributed by atoms with E-state index in [1.807, 2.05) is 0 Å². The molecule has 1 aliphatic heterocycles. The standard InChI is InChI=1S/C9H17NO2/c1-8(11)2-5-10-6-3-9(12)4-7-10/h9,12H,2-7H2,1H3. The van der Waals surface area contributed by atoms with E-state index in [1.54, 1.807) is 6.92 Å². The summed E-state index contributed by atoms with van der Waals surface area (Å²) in [6.45, 7) is 4.36. The average Bonchev–Trinajstić information content (AvgIpc) is 2.03. The molecule has 0 spiro atoms. The Morgan fingerprint density at radius 2 is 2.08 bits per heavy atom. The molecule has 0 aliphatic carbocycles. The summed E-state index contributed by atoms with van der Waals surface area (Å²) >= 11 is 0. The van der Waals surface area contributed by atoms with Gasteiger partial charge >= 0.3 is 0 Å². The molecule has 3 nitrogen and oxygen atoms in total. The van der Waals surface area contributed by atoms with Gasteiger partial charge in [0.15, 0.2) is 0 Å². The van der Waals surface area contributed by atoms with Crippen molar-refractivity contribution < 1.29 is 9.90 Å². The number of likely N-dealkylation sites (tertiary alicyclic amines) is 1. The molecule has 3 heteroatoms. The number of Topliss-reactive ketones (excluding diaryl/α,β-unsaturated/α-hetero) is 1. The van der Waals surface area contributed by atoms with Gasteiger partial charge in [-0.15, -0.1) is 0 Å². The highest BCUT2D eigenvalue weighted by molar-refractivity contribution is 5.75. The molecule has 0 saturated carbocycles. The van der Waals surface area contributed by atoms with Gasteiger partial charge in [0.1, 0.15) is 5.78 Å². The monoisotopic (exact) mass is 171 g/mol. The van der Waals surface area contributed by atoms with Crippen molar-refractivity contribution in [3.05, 3.63) is 0 Å². The van der Waals surface area contributed by atoms with Crippen molar-refractivity contribution in [2.45, 2.75) is 32.3 Å². The molecular weight excluding hydrogens is 154 g/mol. The Kier molecular flexibility index (Phi) is 3.69. The van der Waals surface area contributed by atoms with Gasteiger partial charge in [-0.05, 0) is 19.8 Å². The summed E-state index contributed by atoms with van der Waals surface area (Å²) in [6, 6.07) is 0. The molecule has 0 radical (unpaired) electrons. The lowest BCUT2D eigenvalue weighted by Crippen LogP contribution is -2.36. The van der Waals surface area contributed by atoms with Crippen molar-refractivity contribution in [3.8, 4) is 0 Å². The average molecular weight is 171 g/mol. The summed E-state index contributed by atoms with van der Waals surface area (Å²) in [5.41, 5.74) is 0. The third kappa shape index (κ3) is 3.32. The van der Waals surface area contributed by atoms with Crippen LogP contribution in [0.4, 0.5) is 0 Å². The minimum Gasteiger partial charge on any atom is -0.393 e. The number of ketones is 1. The summed E-state index contributed by atoms with van der Waals surface area (Å²) in [4.78, 5) is 12.9. The largest absolute Gasteiger partial charge is 0.393 e. The maximum Gasteiger partial charge on any atom is 0.131 e. The summed E-state index contributed by atoms with van der Waals surface area (Å²) in [6.07, 6.45) is 2.25. The number of rotatable bonds is 3. The highest BCUT2D eigenvalue weighted by Crippen LogP contribution is 2.09. The second kappa shape index (κ2) is 4.58. The lowest BCUT2D eigenvalue weighted by atomic mass is 10.1. The molecule has 12 heavy (non-hydrogen) atoms. The van der Waals surface area contributed by atoms with Gasteiger partial charge in [-0.25, -0.2) is 0 Å². The maximum atomic E-state index is 10.7. The quantitative estimate of drug-likeness (QED) is 0.669. The Labute approximate surface area is 73.4 Å². The Bertz CT molecular complexity index is 151. The zero-order valence-electron chi connectivity index (χ0n) is 7.62. The molecule has 0 bridgehead atoms. The van der Waals surface area contributed by atoms with Crippen LogP contribution in [0.5, 0.6) is 0 Å². The van der Waals surface area contributed by atoms with E-state index >= 15 is 0 Å². The Hall–Kier alpha value is -0.410. The first kappa shape index (κ1) is 9.68. The topological polar surface area (TPSA) is 40.5 Å². The predicted molar refractivity (Wildman–Crippen MR) is 47.0 cm³/mol. The smallest absolute Gasteiger partial charge is 0.131 e. The van der Waals surface area contributed by atoms with Crippen LogP contribution >= 0.6 is 0 Å². The van der Waals surface area contributed by atoms with Crippen molar-refractivity contribution in [1.82, 2.24) is 4.90 Å². The van der Waals surface area contributed by atoms with E-state index in [1.165, 1.54) is 0 Å². The van der Waals surface area contributed by atoms with Crippen LogP contribution in [-0.4, -0.2) is 41.5 Å². The minimum absolute atomic E-state index is 0.112. The molecule has 0 aromatic carbocycles. The first-order valence-corrected chi connectivity index (χ1v) is 4.58. The molecule has 0 unspecified atom stereocenters. The van der Waals surface area contributed by atoms with E-state index in [-0.39, 0.29) is 11.9 Å². The fraction of sp³-hybridized carbons (Fsp3) is 0.889. The number of piperidine rings is 1. The summed E-state index contributed by atoms with van der Waals surface area (Å²) in [5.74, 6) is 0.251. The number of nitrogens with zero attached hydrogens (tertiary/aromatic N) is 1.